The topological polar surface area (TPSA) is 12.0 Å². The molecule has 0 spiro atoms. The highest BCUT2D eigenvalue weighted by molar-refractivity contribution is 5.46. The van der Waals surface area contributed by atoms with Crippen LogP contribution in [0.15, 0.2) is 24.8 Å². The number of nitrogens with one attached hydrogen (secondary N) is 1. The van der Waals surface area contributed by atoms with Crippen LogP contribution in [0.4, 0.5) is 14.5 Å². The highest BCUT2D eigenvalue weighted by Crippen LogP contribution is 2.18. The Labute approximate surface area is 88.8 Å². The maximum atomic E-state index is 13.3. The van der Waals surface area contributed by atoms with Crippen LogP contribution in [0.3, 0.4) is 0 Å². The Morgan fingerprint density at radius 3 is 2.73 bits per heavy atom. The molecule has 0 aliphatic heterocycles. The number of hydrogen-bond acceptors (Lipinski definition) is 1. The van der Waals surface area contributed by atoms with Crippen molar-refractivity contribution in [2.45, 2.75) is 19.8 Å². The van der Waals surface area contributed by atoms with Gasteiger partial charge in [0.1, 0.15) is 11.6 Å². The molecule has 0 heterocycles. The van der Waals surface area contributed by atoms with E-state index < -0.39 is 5.82 Å². The van der Waals surface area contributed by atoms with Gasteiger partial charge in [-0.25, -0.2) is 8.78 Å². The van der Waals surface area contributed by atoms with E-state index >= 15 is 0 Å². The Bertz CT molecular complexity index is 348. The van der Waals surface area contributed by atoms with E-state index in [1.165, 1.54) is 12.1 Å². The summed E-state index contributed by atoms with van der Waals surface area (Å²) in [5.41, 5.74) is 0.548. The summed E-state index contributed by atoms with van der Waals surface area (Å²) in [7, 11) is 0. The molecule has 0 aliphatic rings. The van der Waals surface area contributed by atoms with Gasteiger partial charge < -0.3 is 5.32 Å². The minimum absolute atomic E-state index is 0.224. The largest absolute Gasteiger partial charge is 0.383 e. The molecule has 0 aromatic heterocycles. The van der Waals surface area contributed by atoms with Crippen molar-refractivity contribution in [2.75, 3.05) is 11.9 Å². The van der Waals surface area contributed by atoms with E-state index in [9.17, 15) is 8.78 Å². The molecule has 1 aromatic carbocycles. The first-order chi connectivity index (χ1) is 7.15. The van der Waals surface area contributed by atoms with Crippen molar-refractivity contribution in [3.05, 3.63) is 42.0 Å². The van der Waals surface area contributed by atoms with E-state index in [1.807, 2.05) is 0 Å². The number of aryl methyl sites for hydroxylation is 1. The molecule has 0 radical (unpaired) electrons. The van der Waals surface area contributed by atoms with Crippen molar-refractivity contribution in [1.82, 2.24) is 0 Å². The van der Waals surface area contributed by atoms with Crippen LogP contribution in [0.1, 0.15) is 18.4 Å². The smallest absolute Gasteiger partial charge is 0.146 e. The number of hydrogen-bond donors (Lipinski definition) is 1. The Morgan fingerprint density at radius 1 is 1.33 bits per heavy atom. The quantitative estimate of drug-likeness (QED) is 0.579. The monoisotopic (exact) mass is 211 g/mol. The highest BCUT2D eigenvalue weighted by Gasteiger charge is 2.05. The van der Waals surface area contributed by atoms with Gasteiger partial charge in [-0.2, -0.15) is 0 Å². The first-order valence-corrected chi connectivity index (χ1v) is 4.95. The van der Waals surface area contributed by atoms with Gasteiger partial charge in [-0.15, -0.1) is 6.58 Å². The third-order valence-electron chi connectivity index (χ3n) is 2.15. The number of rotatable bonds is 5. The summed E-state index contributed by atoms with van der Waals surface area (Å²) in [6.07, 6.45) is 3.52. The molecular weight excluding hydrogens is 196 g/mol. The highest BCUT2D eigenvalue weighted by atomic mass is 19.1. The molecule has 15 heavy (non-hydrogen) atoms. The number of unbranched alkanes of at least 4 members (excludes halogenated alkanes) is 1. The first-order valence-electron chi connectivity index (χ1n) is 4.95. The molecule has 82 valence electrons. The van der Waals surface area contributed by atoms with Crippen molar-refractivity contribution >= 4 is 5.69 Å². The molecule has 0 unspecified atom stereocenters. The lowest BCUT2D eigenvalue weighted by Crippen LogP contribution is -2.04. The summed E-state index contributed by atoms with van der Waals surface area (Å²) in [5, 5.41) is 2.85. The SMILES string of the molecule is C=CCCCNc1cc(F)c(C)cc1F. The standard InChI is InChI=1S/C12H15F2N/c1-3-4-5-6-15-12-8-10(13)9(2)7-11(12)14/h3,7-8,15H,1,4-6H2,2H3. The van der Waals surface area contributed by atoms with Crippen molar-refractivity contribution in [1.29, 1.82) is 0 Å². The lowest BCUT2D eigenvalue weighted by Gasteiger charge is -2.08. The van der Waals surface area contributed by atoms with Crippen LogP contribution in [-0.4, -0.2) is 6.54 Å². The summed E-state index contributed by atoms with van der Waals surface area (Å²) in [6.45, 7) is 5.74. The molecule has 0 saturated heterocycles. The summed E-state index contributed by atoms with van der Waals surface area (Å²) in [6, 6.07) is 2.39. The summed E-state index contributed by atoms with van der Waals surface area (Å²) < 4.78 is 26.4. The van der Waals surface area contributed by atoms with Crippen LogP contribution in [0, 0.1) is 18.6 Å². The Hall–Kier alpha value is -1.38. The van der Waals surface area contributed by atoms with Crippen LogP contribution < -0.4 is 5.32 Å². The third-order valence-corrected chi connectivity index (χ3v) is 2.15. The summed E-state index contributed by atoms with van der Waals surface area (Å²) in [5.74, 6) is -0.796. The van der Waals surface area contributed by atoms with Gasteiger partial charge in [0.15, 0.2) is 0 Å². The number of anilines is 1. The van der Waals surface area contributed by atoms with Gasteiger partial charge in [0, 0.05) is 12.6 Å². The fourth-order valence-electron chi connectivity index (χ4n) is 1.25. The predicted molar refractivity (Wildman–Crippen MR) is 59.0 cm³/mol. The van der Waals surface area contributed by atoms with Crippen LogP contribution in [-0.2, 0) is 0 Å². The van der Waals surface area contributed by atoms with Gasteiger partial charge in [-0.3, -0.25) is 0 Å². The maximum absolute atomic E-state index is 13.3. The van der Waals surface area contributed by atoms with Crippen molar-refractivity contribution < 1.29 is 8.78 Å². The lowest BCUT2D eigenvalue weighted by atomic mass is 10.2. The van der Waals surface area contributed by atoms with Crippen LogP contribution in [0.5, 0.6) is 0 Å². The maximum Gasteiger partial charge on any atom is 0.146 e. The van der Waals surface area contributed by atoms with Crippen molar-refractivity contribution in [3.8, 4) is 0 Å². The Morgan fingerprint density at radius 2 is 2.07 bits per heavy atom. The van der Waals surface area contributed by atoms with Crippen molar-refractivity contribution in [3.63, 3.8) is 0 Å². The van der Waals surface area contributed by atoms with E-state index in [2.05, 4.69) is 11.9 Å². The van der Waals surface area contributed by atoms with Gasteiger partial charge in [-0.05, 0) is 31.4 Å². The average molecular weight is 211 g/mol. The molecule has 1 rings (SSSR count). The van der Waals surface area contributed by atoms with Gasteiger partial charge in [-0.1, -0.05) is 6.08 Å². The van der Waals surface area contributed by atoms with E-state index in [0.717, 1.165) is 12.8 Å². The second-order valence-corrected chi connectivity index (χ2v) is 3.44. The molecule has 0 fully saturated rings. The van der Waals surface area contributed by atoms with Crippen LogP contribution in [0.25, 0.3) is 0 Å². The minimum Gasteiger partial charge on any atom is -0.383 e. The third kappa shape index (κ3) is 3.35. The minimum atomic E-state index is -0.410. The molecule has 0 bridgehead atoms. The summed E-state index contributed by atoms with van der Waals surface area (Å²) >= 11 is 0. The van der Waals surface area contributed by atoms with Crippen LogP contribution in [0.2, 0.25) is 0 Å². The molecule has 0 saturated carbocycles. The second-order valence-electron chi connectivity index (χ2n) is 3.44. The average Bonchev–Trinajstić information content (AvgIpc) is 2.20. The fourth-order valence-corrected chi connectivity index (χ4v) is 1.25. The zero-order valence-corrected chi connectivity index (χ0v) is 8.82. The van der Waals surface area contributed by atoms with E-state index in [0.29, 0.717) is 12.1 Å². The second kappa shape index (κ2) is 5.49. The van der Waals surface area contributed by atoms with Gasteiger partial charge in [0.25, 0.3) is 0 Å². The predicted octanol–water partition coefficient (Wildman–Crippen LogP) is 3.65. The number of allylic oxidation sites excluding steroid dienone is 1. The van der Waals surface area contributed by atoms with Crippen molar-refractivity contribution in [2.24, 2.45) is 0 Å². The lowest BCUT2D eigenvalue weighted by molar-refractivity contribution is 0.594. The Balaban J connectivity index is 2.61. The fraction of sp³-hybridized carbons (Fsp3) is 0.333. The Kier molecular flexibility index (Phi) is 4.28. The normalized spacial score (nSPS) is 10.1. The van der Waals surface area contributed by atoms with E-state index in [4.69, 9.17) is 0 Å². The zero-order chi connectivity index (χ0) is 11.3. The molecular formula is C12H15F2N. The van der Waals surface area contributed by atoms with Gasteiger partial charge in [0.2, 0.25) is 0 Å². The molecule has 1 nitrogen and oxygen atoms in total. The van der Waals surface area contributed by atoms with E-state index in [-0.39, 0.29) is 11.5 Å². The molecule has 0 atom stereocenters. The molecule has 0 amide bonds. The van der Waals surface area contributed by atoms with Crippen LogP contribution >= 0.6 is 0 Å². The van der Waals surface area contributed by atoms with E-state index in [1.54, 1.807) is 13.0 Å². The molecule has 1 aromatic rings. The zero-order valence-electron chi connectivity index (χ0n) is 8.82. The number of benzene rings is 1. The molecule has 0 aliphatic carbocycles. The summed E-state index contributed by atoms with van der Waals surface area (Å²) in [4.78, 5) is 0. The van der Waals surface area contributed by atoms with Gasteiger partial charge in [0.05, 0.1) is 5.69 Å². The number of halogens is 2. The van der Waals surface area contributed by atoms with Gasteiger partial charge >= 0.3 is 0 Å². The molecule has 1 N–H and O–H groups in total. The first kappa shape index (κ1) is 11.7. The molecule has 3 heteroatoms.